The van der Waals surface area contributed by atoms with Crippen molar-refractivity contribution in [3.8, 4) is 0 Å². The molecule has 2 rings (SSSR count). The summed E-state index contributed by atoms with van der Waals surface area (Å²) in [6.07, 6.45) is 0.271. The van der Waals surface area contributed by atoms with Gasteiger partial charge in [-0.1, -0.05) is 0 Å². The second kappa shape index (κ2) is 4.29. The largest absolute Gasteiger partial charge is 0.397 e. The molecular formula is C11H13F2N3O. The third-order valence-electron chi connectivity index (χ3n) is 2.87. The Balaban J connectivity index is 2.38. The number of benzene rings is 1. The van der Waals surface area contributed by atoms with Gasteiger partial charge in [0.1, 0.15) is 11.5 Å². The predicted molar refractivity (Wildman–Crippen MR) is 60.3 cm³/mol. The molecule has 1 atom stereocenters. The summed E-state index contributed by atoms with van der Waals surface area (Å²) in [5.74, 6) is -1.83. The standard InChI is InChI=1S/C11H13F2N3O/c12-7-2-8(13)11(9(15)3-7)16-5-6(4-14)1-10(16)17/h2-3,6H,1,4-5,14-15H2. The third kappa shape index (κ3) is 2.08. The lowest BCUT2D eigenvalue weighted by atomic mass is 10.1. The highest BCUT2D eigenvalue weighted by Gasteiger charge is 2.32. The van der Waals surface area contributed by atoms with Gasteiger partial charge in [0, 0.05) is 19.0 Å². The fraction of sp³-hybridized carbons (Fsp3) is 0.364. The van der Waals surface area contributed by atoms with E-state index in [9.17, 15) is 13.6 Å². The van der Waals surface area contributed by atoms with Crippen LogP contribution in [0.25, 0.3) is 0 Å². The zero-order chi connectivity index (χ0) is 12.6. The second-order valence-corrected chi connectivity index (χ2v) is 4.14. The Hall–Kier alpha value is -1.69. The van der Waals surface area contributed by atoms with E-state index in [1.165, 1.54) is 4.90 Å². The molecule has 1 aromatic rings. The van der Waals surface area contributed by atoms with Gasteiger partial charge in [-0.2, -0.15) is 0 Å². The van der Waals surface area contributed by atoms with Gasteiger partial charge in [0.15, 0.2) is 5.82 Å². The molecule has 0 spiro atoms. The Morgan fingerprint density at radius 2 is 2.12 bits per heavy atom. The Kier molecular flexibility index (Phi) is 2.97. The van der Waals surface area contributed by atoms with Crippen molar-refractivity contribution in [3.63, 3.8) is 0 Å². The number of anilines is 2. The van der Waals surface area contributed by atoms with E-state index in [0.29, 0.717) is 13.1 Å². The first-order chi connectivity index (χ1) is 8.02. The summed E-state index contributed by atoms with van der Waals surface area (Å²) >= 11 is 0. The fourth-order valence-electron chi connectivity index (χ4n) is 2.03. The highest BCUT2D eigenvalue weighted by Crippen LogP contribution is 2.32. The van der Waals surface area contributed by atoms with E-state index in [-0.39, 0.29) is 29.6 Å². The Morgan fingerprint density at radius 1 is 1.41 bits per heavy atom. The molecule has 0 saturated carbocycles. The van der Waals surface area contributed by atoms with Crippen LogP contribution in [0, 0.1) is 17.6 Å². The van der Waals surface area contributed by atoms with Crippen molar-refractivity contribution in [1.29, 1.82) is 0 Å². The molecular weight excluding hydrogens is 228 g/mol. The van der Waals surface area contributed by atoms with Crippen molar-refractivity contribution in [2.75, 3.05) is 23.7 Å². The van der Waals surface area contributed by atoms with E-state index in [1.807, 2.05) is 0 Å². The van der Waals surface area contributed by atoms with Crippen LogP contribution in [0.1, 0.15) is 6.42 Å². The van der Waals surface area contributed by atoms with Crippen molar-refractivity contribution in [3.05, 3.63) is 23.8 Å². The minimum Gasteiger partial charge on any atom is -0.397 e. The van der Waals surface area contributed by atoms with Gasteiger partial charge in [0.2, 0.25) is 5.91 Å². The minimum absolute atomic E-state index is 0.00801. The average molecular weight is 241 g/mol. The van der Waals surface area contributed by atoms with E-state index < -0.39 is 11.6 Å². The maximum absolute atomic E-state index is 13.6. The first-order valence-electron chi connectivity index (χ1n) is 5.28. The predicted octanol–water partition coefficient (Wildman–Crippen LogP) is 0.859. The van der Waals surface area contributed by atoms with E-state index in [1.54, 1.807) is 0 Å². The van der Waals surface area contributed by atoms with Gasteiger partial charge in [0.25, 0.3) is 0 Å². The van der Waals surface area contributed by atoms with Crippen LogP contribution >= 0.6 is 0 Å². The molecule has 0 aromatic heterocycles. The first-order valence-corrected chi connectivity index (χ1v) is 5.28. The van der Waals surface area contributed by atoms with Crippen LogP contribution in [0.2, 0.25) is 0 Å². The van der Waals surface area contributed by atoms with Crippen molar-refractivity contribution in [2.45, 2.75) is 6.42 Å². The van der Waals surface area contributed by atoms with Crippen molar-refractivity contribution in [1.82, 2.24) is 0 Å². The van der Waals surface area contributed by atoms with Gasteiger partial charge in [-0.05, 0) is 18.5 Å². The molecule has 1 heterocycles. The molecule has 1 fully saturated rings. The van der Waals surface area contributed by atoms with E-state index in [4.69, 9.17) is 11.5 Å². The van der Waals surface area contributed by atoms with Crippen molar-refractivity contribution < 1.29 is 13.6 Å². The van der Waals surface area contributed by atoms with Crippen molar-refractivity contribution >= 4 is 17.3 Å². The molecule has 4 nitrogen and oxygen atoms in total. The molecule has 1 unspecified atom stereocenters. The highest BCUT2D eigenvalue weighted by molar-refractivity contribution is 5.98. The van der Waals surface area contributed by atoms with Crippen LogP contribution in [0.4, 0.5) is 20.2 Å². The topological polar surface area (TPSA) is 72.4 Å². The summed E-state index contributed by atoms with van der Waals surface area (Å²) in [7, 11) is 0. The summed E-state index contributed by atoms with van der Waals surface area (Å²) < 4.78 is 26.5. The summed E-state index contributed by atoms with van der Waals surface area (Å²) in [4.78, 5) is 12.9. The molecule has 1 aromatic carbocycles. The van der Waals surface area contributed by atoms with Crippen molar-refractivity contribution in [2.24, 2.45) is 11.7 Å². The molecule has 92 valence electrons. The normalized spacial score (nSPS) is 20.1. The maximum atomic E-state index is 13.6. The average Bonchev–Trinajstić information content (AvgIpc) is 2.59. The zero-order valence-electron chi connectivity index (χ0n) is 9.12. The molecule has 1 saturated heterocycles. The third-order valence-corrected chi connectivity index (χ3v) is 2.87. The van der Waals surface area contributed by atoms with Gasteiger partial charge in [0.05, 0.1) is 5.69 Å². The van der Waals surface area contributed by atoms with Crippen LogP contribution in [-0.2, 0) is 4.79 Å². The number of nitrogens with two attached hydrogens (primary N) is 2. The van der Waals surface area contributed by atoms with Gasteiger partial charge in [-0.25, -0.2) is 8.78 Å². The number of hydrogen-bond acceptors (Lipinski definition) is 3. The smallest absolute Gasteiger partial charge is 0.227 e. The van der Waals surface area contributed by atoms with Gasteiger partial charge < -0.3 is 16.4 Å². The van der Waals surface area contributed by atoms with E-state index in [2.05, 4.69) is 0 Å². The van der Waals surface area contributed by atoms with Gasteiger partial charge in [-0.15, -0.1) is 0 Å². The molecule has 0 bridgehead atoms. The maximum Gasteiger partial charge on any atom is 0.227 e. The molecule has 1 amide bonds. The summed E-state index contributed by atoms with van der Waals surface area (Å²) in [6.45, 7) is 0.674. The number of amides is 1. The number of carbonyl (C=O) groups is 1. The lowest BCUT2D eigenvalue weighted by molar-refractivity contribution is -0.117. The molecule has 1 aliphatic rings. The molecule has 6 heteroatoms. The number of rotatable bonds is 2. The number of nitrogens with zero attached hydrogens (tertiary/aromatic N) is 1. The molecule has 17 heavy (non-hydrogen) atoms. The Labute approximate surface area is 97.2 Å². The Morgan fingerprint density at radius 3 is 2.65 bits per heavy atom. The first kappa shape index (κ1) is 11.8. The van der Waals surface area contributed by atoms with Crippen LogP contribution < -0.4 is 16.4 Å². The summed E-state index contributed by atoms with van der Waals surface area (Å²) in [6, 6.07) is 1.72. The SMILES string of the molecule is NCC1CC(=O)N(c2c(N)cc(F)cc2F)C1. The molecule has 0 radical (unpaired) electrons. The molecule has 4 N–H and O–H groups in total. The van der Waals surface area contributed by atoms with Crippen LogP contribution in [-0.4, -0.2) is 19.0 Å². The second-order valence-electron chi connectivity index (χ2n) is 4.14. The van der Waals surface area contributed by atoms with Crippen LogP contribution in [0.3, 0.4) is 0 Å². The Bertz CT molecular complexity index is 441. The quantitative estimate of drug-likeness (QED) is 0.754. The lowest BCUT2D eigenvalue weighted by Crippen LogP contribution is -2.27. The minimum atomic E-state index is -0.825. The molecule has 0 aliphatic carbocycles. The van der Waals surface area contributed by atoms with E-state index in [0.717, 1.165) is 12.1 Å². The van der Waals surface area contributed by atoms with Crippen LogP contribution in [0.15, 0.2) is 12.1 Å². The summed E-state index contributed by atoms with van der Waals surface area (Å²) in [5.41, 5.74) is 10.9. The summed E-state index contributed by atoms with van der Waals surface area (Å²) in [5, 5.41) is 0. The highest BCUT2D eigenvalue weighted by atomic mass is 19.1. The fourth-order valence-corrected chi connectivity index (χ4v) is 2.03. The monoisotopic (exact) mass is 241 g/mol. The number of carbonyl (C=O) groups excluding carboxylic acids is 1. The van der Waals surface area contributed by atoms with Gasteiger partial charge in [-0.3, -0.25) is 4.79 Å². The number of hydrogen-bond donors (Lipinski definition) is 2. The van der Waals surface area contributed by atoms with E-state index >= 15 is 0 Å². The zero-order valence-corrected chi connectivity index (χ0v) is 9.12. The lowest BCUT2D eigenvalue weighted by Gasteiger charge is -2.19. The molecule has 1 aliphatic heterocycles. The van der Waals surface area contributed by atoms with Crippen LogP contribution in [0.5, 0.6) is 0 Å². The van der Waals surface area contributed by atoms with Gasteiger partial charge >= 0.3 is 0 Å². The number of nitrogen functional groups attached to an aromatic ring is 1. The number of halogens is 2.